The number of oxazole rings is 1. The SMILES string of the molecule is O=C(CSc1nc2ccccc2o1)Nc1cccc(-c2cn3ccsc3n2)c1. The van der Waals surface area contributed by atoms with E-state index in [0.717, 1.165) is 33.0 Å². The van der Waals surface area contributed by atoms with Gasteiger partial charge in [-0.1, -0.05) is 36.0 Å². The number of fused-ring (bicyclic) bond motifs is 2. The van der Waals surface area contributed by atoms with Gasteiger partial charge in [0.2, 0.25) is 5.91 Å². The van der Waals surface area contributed by atoms with Gasteiger partial charge in [-0.3, -0.25) is 9.20 Å². The molecule has 0 bridgehead atoms. The Bertz CT molecular complexity index is 1230. The second kappa shape index (κ2) is 7.14. The lowest BCUT2D eigenvalue weighted by Crippen LogP contribution is -2.13. The van der Waals surface area contributed by atoms with E-state index in [2.05, 4.69) is 15.3 Å². The van der Waals surface area contributed by atoms with Gasteiger partial charge < -0.3 is 9.73 Å². The van der Waals surface area contributed by atoms with Crippen LogP contribution in [0.15, 0.2) is 75.9 Å². The van der Waals surface area contributed by atoms with Gasteiger partial charge in [0.15, 0.2) is 10.5 Å². The number of benzene rings is 2. The summed E-state index contributed by atoms with van der Waals surface area (Å²) in [5.74, 6) is 0.104. The minimum absolute atomic E-state index is 0.116. The first kappa shape index (κ1) is 17.0. The Balaban J connectivity index is 1.26. The summed E-state index contributed by atoms with van der Waals surface area (Å²) < 4.78 is 7.62. The smallest absolute Gasteiger partial charge is 0.257 e. The summed E-state index contributed by atoms with van der Waals surface area (Å²) in [6.45, 7) is 0. The molecule has 1 N–H and O–H groups in total. The van der Waals surface area contributed by atoms with Gasteiger partial charge in [-0.2, -0.15) is 0 Å². The molecule has 8 heteroatoms. The summed E-state index contributed by atoms with van der Waals surface area (Å²) in [7, 11) is 0. The van der Waals surface area contributed by atoms with Crippen LogP contribution in [0.3, 0.4) is 0 Å². The van der Waals surface area contributed by atoms with Crippen molar-refractivity contribution in [1.29, 1.82) is 0 Å². The predicted molar refractivity (Wildman–Crippen MR) is 112 cm³/mol. The zero-order valence-corrected chi connectivity index (χ0v) is 16.2. The van der Waals surface area contributed by atoms with Crippen LogP contribution in [0.5, 0.6) is 0 Å². The highest BCUT2D eigenvalue weighted by Crippen LogP contribution is 2.25. The lowest BCUT2D eigenvalue weighted by Gasteiger charge is -2.05. The average molecular weight is 406 g/mol. The zero-order chi connectivity index (χ0) is 18.9. The van der Waals surface area contributed by atoms with Crippen LogP contribution < -0.4 is 5.32 Å². The normalized spacial score (nSPS) is 11.3. The van der Waals surface area contributed by atoms with Gasteiger partial charge in [0.25, 0.3) is 5.22 Å². The molecule has 1 amide bonds. The Morgan fingerprint density at radius 2 is 2.11 bits per heavy atom. The molecule has 0 aliphatic carbocycles. The van der Waals surface area contributed by atoms with E-state index in [1.54, 1.807) is 11.3 Å². The number of thioether (sulfide) groups is 1. The fourth-order valence-corrected chi connectivity index (χ4v) is 4.20. The van der Waals surface area contributed by atoms with Gasteiger partial charge in [0.1, 0.15) is 5.52 Å². The Morgan fingerprint density at radius 3 is 3.00 bits per heavy atom. The highest BCUT2D eigenvalue weighted by molar-refractivity contribution is 7.99. The Kier molecular flexibility index (Phi) is 4.34. The molecule has 6 nitrogen and oxygen atoms in total. The van der Waals surface area contributed by atoms with Crippen molar-refractivity contribution >= 4 is 50.8 Å². The molecule has 5 aromatic rings. The van der Waals surface area contributed by atoms with Crippen LogP contribution in [-0.2, 0) is 4.79 Å². The largest absolute Gasteiger partial charge is 0.431 e. The third-order valence-electron chi connectivity index (χ3n) is 4.14. The minimum Gasteiger partial charge on any atom is -0.431 e. The molecule has 0 aliphatic rings. The monoisotopic (exact) mass is 406 g/mol. The molecule has 3 aromatic heterocycles. The summed E-state index contributed by atoms with van der Waals surface area (Å²) in [6.07, 6.45) is 3.96. The summed E-state index contributed by atoms with van der Waals surface area (Å²) in [5, 5.41) is 5.41. The molecule has 0 atom stereocenters. The lowest BCUT2D eigenvalue weighted by atomic mass is 10.1. The number of anilines is 1. The number of rotatable bonds is 5. The number of nitrogens with zero attached hydrogens (tertiary/aromatic N) is 3. The minimum atomic E-state index is -0.116. The summed E-state index contributed by atoms with van der Waals surface area (Å²) in [5.41, 5.74) is 4.08. The van der Waals surface area contributed by atoms with E-state index >= 15 is 0 Å². The van der Waals surface area contributed by atoms with Crippen molar-refractivity contribution in [2.24, 2.45) is 0 Å². The molecule has 0 unspecified atom stereocenters. The first-order chi connectivity index (χ1) is 13.7. The third kappa shape index (κ3) is 3.39. The standard InChI is InChI=1S/C20H14N4O2S2/c25-18(12-28-20-23-15-6-1-2-7-17(15)26-20)21-14-5-3-4-13(10-14)16-11-24-8-9-27-19(24)22-16/h1-11H,12H2,(H,21,25). The molecule has 28 heavy (non-hydrogen) atoms. The summed E-state index contributed by atoms with van der Waals surface area (Å²) in [4.78, 5) is 22.2. The number of nitrogens with one attached hydrogen (secondary N) is 1. The van der Waals surface area contributed by atoms with Crippen molar-refractivity contribution < 1.29 is 9.21 Å². The molecule has 0 fully saturated rings. The molecular weight excluding hydrogens is 392 g/mol. The molecule has 3 heterocycles. The number of aromatic nitrogens is 3. The number of imidazole rings is 1. The van der Waals surface area contributed by atoms with Gasteiger partial charge in [0, 0.05) is 29.0 Å². The number of carbonyl (C=O) groups excluding carboxylic acids is 1. The van der Waals surface area contributed by atoms with E-state index < -0.39 is 0 Å². The van der Waals surface area contributed by atoms with Crippen LogP contribution >= 0.6 is 23.1 Å². The molecule has 0 spiro atoms. The van der Waals surface area contributed by atoms with Gasteiger partial charge in [-0.15, -0.1) is 11.3 Å². The van der Waals surface area contributed by atoms with Crippen LogP contribution in [0, 0.1) is 0 Å². The zero-order valence-electron chi connectivity index (χ0n) is 14.5. The maximum absolute atomic E-state index is 12.3. The Hall–Kier alpha value is -3.10. The molecule has 2 aromatic carbocycles. The van der Waals surface area contributed by atoms with E-state index in [4.69, 9.17) is 4.42 Å². The second-order valence-electron chi connectivity index (χ2n) is 6.08. The van der Waals surface area contributed by atoms with Crippen LogP contribution in [-0.4, -0.2) is 26.0 Å². The fourth-order valence-electron chi connectivity index (χ4n) is 2.86. The van der Waals surface area contributed by atoms with E-state index in [9.17, 15) is 4.79 Å². The fraction of sp³-hybridized carbons (Fsp3) is 0.0500. The molecule has 0 aliphatic heterocycles. The second-order valence-corrected chi connectivity index (χ2v) is 7.88. The van der Waals surface area contributed by atoms with E-state index in [0.29, 0.717) is 5.22 Å². The van der Waals surface area contributed by atoms with Crippen LogP contribution in [0.1, 0.15) is 0 Å². The Labute approximate surface area is 168 Å². The first-order valence-electron chi connectivity index (χ1n) is 8.55. The van der Waals surface area contributed by atoms with Crippen LogP contribution in [0.2, 0.25) is 0 Å². The highest BCUT2D eigenvalue weighted by Gasteiger charge is 2.11. The molecule has 0 radical (unpaired) electrons. The van der Waals surface area contributed by atoms with Crippen molar-refractivity contribution in [1.82, 2.24) is 14.4 Å². The van der Waals surface area contributed by atoms with Crippen molar-refractivity contribution in [2.45, 2.75) is 5.22 Å². The van der Waals surface area contributed by atoms with E-state index in [1.165, 1.54) is 11.8 Å². The van der Waals surface area contributed by atoms with Crippen molar-refractivity contribution in [3.8, 4) is 11.3 Å². The predicted octanol–water partition coefficient (Wildman–Crippen LogP) is 4.93. The quantitative estimate of drug-likeness (QED) is 0.419. The third-order valence-corrected chi connectivity index (χ3v) is 5.74. The van der Waals surface area contributed by atoms with Crippen LogP contribution in [0.4, 0.5) is 5.69 Å². The highest BCUT2D eigenvalue weighted by atomic mass is 32.2. The number of carbonyl (C=O) groups is 1. The molecule has 0 saturated heterocycles. The number of thiazole rings is 1. The van der Waals surface area contributed by atoms with Crippen molar-refractivity contribution in [3.63, 3.8) is 0 Å². The topological polar surface area (TPSA) is 72.4 Å². The van der Waals surface area contributed by atoms with E-state index in [-0.39, 0.29) is 11.7 Å². The van der Waals surface area contributed by atoms with Gasteiger partial charge in [-0.05, 0) is 24.3 Å². The number of hydrogen-bond donors (Lipinski definition) is 1. The maximum Gasteiger partial charge on any atom is 0.257 e. The maximum atomic E-state index is 12.3. The number of hydrogen-bond acceptors (Lipinski definition) is 6. The average Bonchev–Trinajstić information content (AvgIpc) is 3.40. The number of para-hydroxylation sites is 2. The Morgan fingerprint density at radius 1 is 1.18 bits per heavy atom. The van der Waals surface area contributed by atoms with Crippen LogP contribution in [0.25, 0.3) is 27.3 Å². The molecule has 138 valence electrons. The van der Waals surface area contributed by atoms with Gasteiger partial charge in [-0.25, -0.2) is 9.97 Å². The molecule has 5 rings (SSSR count). The lowest BCUT2D eigenvalue weighted by molar-refractivity contribution is -0.113. The van der Waals surface area contributed by atoms with Crippen molar-refractivity contribution in [2.75, 3.05) is 11.1 Å². The van der Waals surface area contributed by atoms with E-state index in [1.807, 2.05) is 70.7 Å². The van der Waals surface area contributed by atoms with Gasteiger partial charge in [0.05, 0.1) is 11.4 Å². The van der Waals surface area contributed by atoms with Crippen molar-refractivity contribution in [3.05, 3.63) is 66.3 Å². The summed E-state index contributed by atoms with van der Waals surface area (Å²) >= 11 is 2.86. The molecule has 0 saturated carbocycles. The first-order valence-corrected chi connectivity index (χ1v) is 10.4. The summed E-state index contributed by atoms with van der Waals surface area (Å²) in [6, 6.07) is 15.2. The molecular formula is C20H14N4O2S2. The van der Waals surface area contributed by atoms with Gasteiger partial charge >= 0.3 is 0 Å². The number of amides is 1.